The number of anilines is 2. The first-order valence-corrected chi connectivity index (χ1v) is 10.2. The second kappa shape index (κ2) is 9.14. The van der Waals surface area contributed by atoms with E-state index in [0.717, 1.165) is 0 Å². The molecule has 19 heteroatoms. The zero-order valence-corrected chi connectivity index (χ0v) is 20.0. The van der Waals surface area contributed by atoms with Crippen molar-refractivity contribution < 1.29 is 49.4 Å². The minimum absolute atomic E-state index is 0.0631. The Kier molecular flexibility index (Phi) is 7.55. The zero-order valence-electron chi connectivity index (χ0n) is 15.2. The molecule has 2 aromatic rings. The quantitative estimate of drug-likeness (QED) is 0.196. The Morgan fingerprint density at radius 2 is 1.12 bits per heavy atom. The van der Waals surface area contributed by atoms with Crippen LogP contribution >= 0.6 is 47.8 Å². The highest BCUT2D eigenvalue weighted by Crippen LogP contribution is 2.54. The fourth-order valence-corrected chi connectivity index (χ4v) is 5.70. The van der Waals surface area contributed by atoms with Gasteiger partial charge >= 0.3 is 18.5 Å². The van der Waals surface area contributed by atoms with Gasteiger partial charge in [0.1, 0.15) is 5.69 Å². The van der Waals surface area contributed by atoms with Gasteiger partial charge in [0.05, 0.1) is 47.2 Å². The van der Waals surface area contributed by atoms with Gasteiger partial charge in [-0.1, -0.05) is 0 Å². The SMILES string of the molecule is O=[N+]([O-])c1cc([N+](=O)[O-])c(Nc2c(Br)c(C(F)(F)F)c(Br)c(C(F)(F)F)c2Br)c(C(F)(F)F)c1. The molecule has 7 nitrogen and oxygen atoms in total. The molecule has 0 bridgehead atoms. The van der Waals surface area contributed by atoms with Crippen LogP contribution < -0.4 is 5.32 Å². The van der Waals surface area contributed by atoms with E-state index >= 15 is 0 Å². The third-order valence-corrected chi connectivity index (χ3v) is 6.33. The maximum Gasteiger partial charge on any atom is 0.418 e. The lowest BCUT2D eigenvalue weighted by Crippen LogP contribution is -2.17. The van der Waals surface area contributed by atoms with Gasteiger partial charge in [0.25, 0.3) is 11.4 Å². The number of hydrogen-bond donors (Lipinski definition) is 1. The summed E-state index contributed by atoms with van der Waals surface area (Å²) in [7, 11) is 0. The molecule has 0 aliphatic carbocycles. The van der Waals surface area contributed by atoms with Gasteiger partial charge in [0.2, 0.25) is 0 Å². The number of alkyl halides is 9. The van der Waals surface area contributed by atoms with Gasteiger partial charge < -0.3 is 5.32 Å². The molecule has 0 atom stereocenters. The molecule has 0 aliphatic rings. The van der Waals surface area contributed by atoms with Gasteiger partial charge in [-0.05, 0) is 47.8 Å². The molecule has 0 spiro atoms. The molecule has 0 saturated heterocycles. The van der Waals surface area contributed by atoms with Crippen molar-refractivity contribution >= 4 is 70.5 Å². The molecule has 2 aromatic carbocycles. The second-order valence-corrected chi connectivity index (χ2v) is 8.47. The first-order chi connectivity index (χ1) is 15.2. The fourth-order valence-electron chi connectivity index (χ4n) is 2.61. The average Bonchev–Trinajstić information content (AvgIpc) is 2.61. The van der Waals surface area contributed by atoms with Gasteiger partial charge in [0, 0.05) is 10.5 Å². The van der Waals surface area contributed by atoms with Crippen LogP contribution in [0.1, 0.15) is 16.7 Å². The summed E-state index contributed by atoms with van der Waals surface area (Å²) in [6.07, 6.45) is -16.5. The molecule has 0 aromatic heterocycles. The van der Waals surface area contributed by atoms with E-state index in [1.54, 1.807) is 5.32 Å². The van der Waals surface area contributed by atoms with E-state index in [-0.39, 0.29) is 12.1 Å². The minimum Gasteiger partial charge on any atom is -0.348 e. The number of rotatable bonds is 4. The highest BCUT2D eigenvalue weighted by molar-refractivity contribution is 9.11. The number of hydrogen-bond acceptors (Lipinski definition) is 5. The van der Waals surface area contributed by atoms with Crippen LogP contribution in [0.25, 0.3) is 0 Å². The molecule has 0 amide bonds. The van der Waals surface area contributed by atoms with E-state index in [1.165, 1.54) is 0 Å². The van der Waals surface area contributed by atoms with Crippen LogP contribution in [0.15, 0.2) is 25.6 Å². The summed E-state index contributed by atoms with van der Waals surface area (Å²) in [4.78, 5) is 19.3. The van der Waals surface area contributed by atoms with Crippen molar-refractivity contribution in [2.75, 3.05) is 5.32 Å². The van der Waals surface area contributed by atoms with Crippen molar-refractivity contribution in [2.45, 2.75) is 18.5 Å². The molecular formula is C15H3Br3F9N3O4. The van der Waals surface area contributed by atoms with Gasteiger partial charge in [-0.25, -0.2) is 0 Å². The number of nitrogens with zero attached hydrogens (tertiary/aromatic N) is 2. The summed E-state index contributed by atoms with van der Waals surface area (Å²) in [6, 6.07) is -0.0983. The fraction of sp³-hybridized carbons (Fsp3) is 0.200. The third-order valence-electron chi connectivity index (χ3n) is 3.95. The normalized spacial score (nSPS) is 12.6. The monoisotopic (exact) mass is 697 g/mol. The molecular weight excluding hydrogens is 697 g/mol. The molecule has 0 aliphatic heterocycles. The van der Waals surface area contributed by atoms with Crippen LogP contribution in [0, 0.1) is 20.2 Å². The van der Waals surface area contributed by atoms with E-state index in [9.17, 15) is 59.7 Å². The van der Waals surface area contributed by atoms with E-state index in [0.29, 0.717) is 0 Å². The van der Waals surface area contributed by atoms with Gasteiger partial charge in [-0.3, -0.25) is 20.2 Å². The van der Waals surface area contributed by atoms with E-state index < -0.39 is 81.2 Å². The van der Waals surface area contributed by atoms with Crippen LogP contribution in [-0.2, 0) is 18.5 Å². The van der Waals surface area contributed by atoms with Crippen molar-refractivity contribution in [2.24, 2.45) is 0 Å². The second-order valence-electron chi connectivity index (χ2n) is 6.09. The maximum absolute atomic E-state index is 13.6. The Morgan fingerprint density at radius 3 is 1.44 bits per heavy atom. The summed E-state index contributed by atoms with van der Waals surface area (Å²) in [6.45, 7) is 0. The van der Waals surface area contributed by atoms with Crippen LogP contribution in [-0.4, -0.2) is 9.85 Å². The van der Waals surface area contributed by atoms with Crippen molar-refractivity contribution in [3.05, 3.63) is 62.5 Å². The molecule has 0 radical (unpaired) electrons. The number of nitro benzene ring substituents is 2. The largest absolute Gasteiger partial charge is 0.418 e. The van der Waals surface area contributed by atoms with Crippen LogP contribution in [0.2, 0.25) is 0 Å². The van der Waals surface area contributed by atoms with Crippen molar-refractivity contribution in [1.82, 2.24) is 0 Å². The summed E-state index contributed by atoms with van der Waals surface area (Å²) < 4.78 is 118. The predicted octanol–water partition coefficient (Wildman–Crippen LogP) is 8.59. The highest BCUT2D eigenvalue weighted by atomic mass is 79.9. The lowest BCUT2D eigenvalue weighted by atomic mass is 10.1. The third kappa shape index (κ3) is 5.40. The summed E-state index contributed by atoms with van der Waals surface area (Å²) in [5, 5.41) is 23.8. The Labute approximate surface area is 206 Å². The number of nitrogens with one attached hydrogen (secondary N) is 1. The van der Waals surface area contributed by atoms with Crippen molar-refractivity contribution in [1.29, 1.82) is 0 Å². The van der Waals surface area contributed by atoms with Crippen molar-refractivity contribution in [3.8, 4) is 0 Å². The number of nitro groups is 2. The lowest BCUT2D eigenvalue weighted by molar-refractivity contribution is -0.394. The molecule has 1 N–H and O–H groups in total. The Hall–Kier alpha value is -2.15. The highest BCUT2D eigenvalue weighted by Gasteiger charge is 2.46. The lowest BCUT2D eigenvalue weighted by Gasteiger charge is -2.23. The average molecular weight is 700 g/mol. The number of non-ortho nitro benzene ring substituents is 1. The number of halogens is 12. The van der Waals surface area contributed by atoms with Crippen LogP contribution in [0.4, 0.5) is 62.3 Å². The van der Waals surface area contributed by atoms with E-state index in [2.05, 4.69) is 47.8 Å². The van der Waals surface area contributed by atoms with Gasteiger partial charge in [0.15, 0.2) is 0 Å². The molecule has 2 rings (SSSR count). The van der Waals surface area contributed by atoms with Crippen LogP contribution in [0.5, 0.6) is 0 Å². The molecule has 186 valence electrons. The molecule has 0 saturated carbocycles. The summed E-state index contributed by atoms with van der Waals surface area (Å²) >= 11 is 6.96. The maximum atomic E-state index is 13.6. The first kappa shape index (κ1) is 28.1. The number of benzene rings is 2. The molecule has 0 fully saturated rings. The standard InChI is InChI=1S/C15H3Br3F9N3O4/c16-8-6(14(22,23)24)9(17)12(10(18)7(8)15(25,26)27)28-11-4(13(19,20)21)1-3(29(31)32)2-5(11)30(33)34/h1-2,28H. The summed E-state index contributed by atoms with van der Waals surface area (Å²) in [5.41, 5.74) is -12.1. The van der Waals surface area contributed by atoms with E-state index in [1.807, 2.05) is 0 Å². The first-order valence-electron chi connectivity index (χ1n) is 7.85. The van der Waals surface area contributed by atoms with Crippen molar-refractivity contribution in [3.63, 3.8) is 0 Å². The molecule has 0 heterocycles. The predicted molar refractivity (Wildman–Crippen MR) is 108 cm³/mol. The van der Waals surface area contributed by atoms with Gasteiger partial charge in [-0.2, -0.15) is 39.5 Å². The molecule has 34 heavy (non-hydrogen) atoms. The molecule has 0 unspecified atom stereocenters. The minimum atomic E-state index is -5.55. The smallest absolute Gasteiger partial charge is 0.348 e. The van der Waals surface area contributed by atoms with Crippen LogP contribution in [0.3, 0.4) is 0 Å². The zero-order chi connectivity index (χ0) is 26.5. The topological polar surface area (TPSA) is 98.3 Å². The Balaban J connectivity index is 3.05. The van der Waals surface area contributed by atoms with E-state index in [4.69, 9.17) is 0 Å². The Morgan fingerprint density at radius 1 is 0.676 bits per heavy atom. The van der Waals surface area contributed by atoms with Gasteiger partial charge in [-0.15, -0.1) is 0 Å². The summed E-state index contributed by atoms with van der Waals surface area (Å²) in [5.74, 6) is 0. The Bertz CT molecular complexity index is 1160.